The second-order valence-corrected chi connectivity index (χ2v) is 5.12. The number of hydrogen-bond donors (Lipinski definition) is 0. The van der Waals surface area contributed by atoms with Crippen LogP contribution in [0, 0.1) is 17.0 Å². The molecule has 0 atom stereocenters. The normalized spacial score (nSPS) is 14.5. The van der Waals surface area contributed by atoms with Gasteiger partial charge < -0.3 is 4.90 Å². The molecule has 1 aliphatic rings. The molecule has 2 rings (SSSR count). The molecule has 1 aromatic heterocycles. The average Bonchev–Trinajstić information content (AvgIpc) is 3.12. The van der Waals surface area contributed by atoms with Crippen LogP contribution in [0.25, 0.3) is 0 Å². The summed E-state index contributed by atoms with van der Waals surface area (Å²) in [5.74, 6) is 0.374. The van der Waals surface area contributed by atoms with E-state index in [1.165, 1.54) is 0 Å². The highest BCUT2D eigenvalue weighted by atomic mass is 35.5. The molecular weight excluding hydrogens is 268 g/mol. The number of halogens is 1. The van der Waals surface area contributed by atoms with Gasteiger partial charge in [0.15, 0.2) is 0 Å². The number of unbranched alkanes of at least 4 members (excludes halogenated alkanes) is 1. The number of aromatic nitrogens is 2. The van der Waals surface area contributed by atoms with Crippen LogP contribution in [0.5, 0.6) is 0 Å². The molecule has 6 nitrogen and oxygen atoms in total. The number of nitrogens with zero attached hydrogens (tertiary/aromatic N) is 4. The summed E-state index contributed by atoms with van der Waals surface area (Å²) >= 11 is 5.86. The summed E-state index contributed by atoms with van der Waals surface area (Å²) in [6, 6.07) is 0.357. The minimum atomic E-state index is -0.414. The maximum atomic E-state index is 11.2. The number of anilines is 1. The molecule has 1 aliphatic carbocycles. The van der Waals surface area contributed by atoms with Crippen molar-refractivity contribution in [2.45, 2.75) is 45.6 Å². The molecule has 1 heterocycles. The highest BCUT2D eigenvalue weighted by Crippen LogP contribution is 2.37. The van der Waals surface area contributed by atoms with Gasteiger partial charge in [0.05, 0.1) is 4.92 Å². The molecule has 1 fully saturated rings. The lowest BCUT2D eigenvalue weighted by molar-refractivity contribution is -0.385. The molecule has 1 saturated carbocycles. The summed E-state index contributed by atoms with van der Waals surface area (Å²) in [7, 11) is 0. The molecule has 0 aromatic carbocycles. The summed E-state index contributed by atoms with van der Waals surface area (Å²) in [4.78, 5) is 20.8. The first-order valence-electron chi connectivity index (χ1n) is 6.49. The summed E-state index contributed by atoms with van der Waals surface area (Å²) in [5, 5.41) is 11.3. The molecule has 7 heteroatoms. The zero-order valence-corrected chi connectivity index (χ0v) is 11.9. The third kappa shape index (κ3) is 3.12. The summed E-state index contributed by atoms with van der Waals surface area (Å²) in [5.41, 5.74) is 0.301. The molecule has 19 heavy (non-hydrogen) atoms. The number of hydrogen-bond acceptors (Lipinski definition) is 5. The third-order valence-corrected chi connectivity index (χ3v) is 3.38. The van der Waals surface area contributed by atoms with Gasteiger partial charge in [-0.3, -0.25) is 10.1 Å². The van der Waals surface area contributed by atoms with Gasteiger partial charge in [0, 0.05) is 12.6 Å². The summed E-state index contributed by atoms with van der Waals surface area (Å²) < 4.78 is 0. The highest BCUT2D eigenvalue weighted by Gasteiger charge is 2.35. The summed E-state index contributed by atoms with van der Waals surface area (Å²) in [6.07, 6.45) is 4.13. The van der Waals surface area contributed by atoms with E-state index in [1.807, 2.05) is 4.90 Å². The Hall–Kier alpha value is -1.43. The van der Waals surface area contributed by atoms with Crippen LogP contribution >= 0.6 is 11.6 Å². The molecule has 0 bridgehead atoms. The predicted molar refractivity (Wildman–Crippen MR) is 73.7 cm³/mol. The first-order chi connectivity index (χ1) is 9.04. The zero-order valence-electron chi connectivity index (χ0n) is 11.1. The van der Waals surface area contributed by atoms with E-state index in [-0.39, 0.29) is 11.0 Å². The zero-order chi connectivity index (χ0) is 14.0. The first kappa shape index (κ1) is 14.0. The van der Waals surface area contributed by atoms with Crippen LogP contribution in [-0.4, -0.2) is 27.5 Å². The van der Waals surface area contributed by atoms with Gasteiger partial charge in [-0.2, -0.15) is 4.98 Å². The van der Waals surface area contributed by atoms with E-state index >= 15 is 0 Å². The lowest BCUT2D eigenvalue weighted by atomic mass is 10.2. The van der Waals surface area contributed by atoms with Crippen LogP contribution in [0.4, 0.5) is 11.5 Å². The van der Waals surface area contributed by atoms with Crippen LogP contribution in [0.15, 0.2) is 0 Å². The minimum absolute atomic E-state index is 0.0209. The Morgan fingerprint density at radius 1 is 1.47 bits per heavy atom. The van der Waals surface area contributed by atoms with Crippen molar-refractivity contribution in [3.05, 3.63) is 21.1 Å². The van der Waals surface area contributed by atoms with Gasteiger partial charge in [-0.1, -0.05) is 13.3 Å². The van der Waals surface area contributed by atoms with Crippen molar-refractivity contribution in [1.29, 1.82) is 0 Å². The van der Waals surface area contributed by atoms with Gasteiger partial charge in [0.1, 0.15) is 5.69 Å². The Labute approximate surface area is 117 Å². The van der Waals surface area contributed by atoms with Crippen LogP contribution in [-0.2, 0) is 0 Å². The quantitative estimate of drug-likeness (QED) is 0.456. The first-order valence-corrected chi connectivity index (χ1v) is 6.87. The third-order valence-electron chi connectivity index (χ3n) is 3.21. The predicted octanol–water partition coefficient (Wildman–Crippen LogP) is 3.12. The Kier molecular flexibility index (Phi) is 4.19. The molecule has 1 aromatic rings. The van der Waals surface area contributed by atoms with Crippen molar-refractivity contribution in [2.24, 2.45) is 0 Å². The molecule has 104 valence electrons. The molecule has 0 saturated heterocycles. The minimum Gasteiger partial charge on any atom is -0.348 e. The fourth-order valence-electron chi connectivity index (χ4n) is 2.11. The van der Waals surface area contributed by atoms with Gasteiger partial charge in [0.25, 0.3) is 0 Å². The van der Waals surface area contributed by atoms with Gasteiger partial charge >= 0.3 is 5.69 Å². The number of nitro groups is 1. The van der Waals surface area contributed by atoms with Crippen molar-refractivity contribution in [2.75, 3.05) is 11.4 Å². The largest absolute Gasteiger partial charge is 0.348 e. The Bertz CT molecular complexity index is 491. The Balaban J connectivity index is 2.42. The number of rotatable bonds is 6. The van der Waals surface area contributed by atoms with Crippen molar-refractivity contribution in [3.63, 3.8) is 0 Å². The molecule has 0 radical (unpaired) electrons. The lowest BCUT2D eigenvalue weighted by Crippen LogP contribution is -2.29. The van der Waals surface area contributed by atoms with Crippen molar-refractivity contribution in [3.8, 4) is 0 Å². The molecule has 0 spiro atoms. The van der Waals surface area contributed by atoms with Crippen LogP contribution in [0.3, 0.4) is 0 Å². The molecule has 0 aliphatic heterocycles. The second kappa shape index (κ2) is 5.69. The summed E-state index contributed by atoms with van der Waals surface area (Å²) in [6.45, 7) is 4.46. The monoisotopic (exact) mass is 284 g/mol. The lowest BCUT2D eigenvalue weighted by Gasteiger charge is -2.23. The molecule has 0 amide bonds. The van der Waals surface area contributed by atoms with Crippen LogP contribution in [0.2, 0.25) is 5.28 Å². The average molecular weight is 285 g/mol. The van der Waals surface area contributed by atoms with Gasteiger partial charge in [0.2, 0.25) is 11.1 Å². The van der Waals surface area contributed by atoms with Gasteiger partial charge in [-0.25, -0.2) is 4.98 Å². The van der Waals surface area contributed by atoms with E-state index in [0.717, 1.165) is 32.2 Å². The maximum Gasteiger partial charge on any atom is 0.332 e. The second-order valence-electron chi connectivity index (χ2n) is 4.79. The van der Waals surface area contributed by atoms with E-state index in [4.69, 9.17) is 11.6 Å². The van der Waals surface area contributed by atoms with E-state index in [0.29, 0.717) is 17.6 Å². The molecule has 0 N–H and O–H groups in total. The smallest absolute Gasteiger partial charge is 0.332 e. The standard InChI is InChI=1S/C12H17ClN4O2/c1-3-4-7-16(9-5-6-9)11-10(17(18)19)8(2)14-12(13)15-11/h9H,3-7H2,1-2H3. The fourth-order valence-corrected chi connectivity index (χ4v) is 2.32. The van der Waals surface area contributed by atoms with Crippen molar-refractivity contribution < 1.29 is 4.92 Å². The number of aryl methyl sites for hydroxylation is 1. The highest BCUT2D eigenvalue weighted by molar-refractivity contribution is 6.28. The van der Waals surface area contributed by atoms with Crippen LogP contribution < -0.4 is 4.90 Å². The maximum absolute atomic E-state index is 11.2. The van der Waals surface area contributed by atoms with E-state index in [9.17, 15) is 10.1 Å². The topological polar surface area (TPSA) is 72.2 Å². The van der Waals surface area contributed by atoms with Gasteiger partial charge in [-0.15, -0.1) is 0 Å². The van der Waals surface area contributed by atoms with E-state index in [1.54, 1.807) is 6.92 Å². The van der Waals surface area contributed by atoms with E-state index < -0.39 is 4.92 Å². The Morgan fingerprint density at radius 2 is 2.16 bits per heavy atom. The van der Waals surface area contributed by atoms with Crippen molar-refractivity contribution >= 4 is 23.1 Å². The van der Waals surface area contributed by atoms with Gasteiger partial charge in [-0.05, 0) is 37.8 Å². The van der Waals surface area contributed by atoms with E-state index in [2.05, 4.69) is 16.9 Å². The molecule has 0 unspecified atom stereocenters. The fraction of sp³-hybridized carbons (Fsp3) is 0.667. The van der Waals surface area contributed by atoms with Crippen molar-refractivity contribution in [1.82, 2.24) is 9.97 Å². The Morgan fingerprint density at radius 3 is 2.68 bits per heavy atom. The SMILES string of the molecule is CCCCN(c1nc(Cl)nc(C)c1[N+](=O)[O-])C1CC1. The van der Waals surface area contributed by atoms with Crippen LogP contribution in [0.1, 0.15) is 38.3 Å². The molecular formula is C12H17ClN4O2.